The number of aliphatic hydroxyl groups is 1. The van der Waals surface area contributed by atoms with Gasteiger partial charge in [0.15, 0.2) is 17.7 Å². The highest BCUT2D eigenvalue weighted by molar-refractivity contribution is 6.00. The van der Waals surface area contributed by atoms with Crippen molar-refractivity contribution in [2.75, 3.05) is 47.9 Å². The van der Waals surface area contributed by atoms with Crippen LogP contribution < -0.4 is 10.6 Å². The van der Waals surface area contributed by atoms with Crippen molar-refractivity contribution in [2.24, 2.45) is 23.7 Å². The van der Waals surface area contributed by atoms with Crippen LogP contribution in [0.15, 0.2) is 0 Å². The van der Waals surface area contributed by atoms with E-state index in [1.807, 2.05) is 32.8 Å². The zero-order valence-corrected chi connectivity index (χ0v) is 31.0. The van der Waals surface area contributed by atoms with Gasteiger partial charge in [-0.3, -0.25) is 9.59 Å². The minimum Gasteiger partial charge on any atom is -0.458 e. The van der Waals surface area contributed by atoms with Gasteiger partial charge < -0.3 is 49.2 Å². The summed E-state index contributed by atoms with van der Waals surface area (Å²) < 4.78 is 31.0. The van der Waals surface area contributed by atoms with Crippen LogP contribution in [0.25, 0.3) is 0 Å². The molecule has 276 valence electrons. The summed E-state index contributed by atoms with van der Waals surface area (Å²) >= 11 is 0. The molecular weight excluding hydrogens is 620 g/mol. The van der Waals surface area contributed by atoms with Crippen molar-refractivity contribution < 1.29 is 43.2 Å². The molecule has 13 nitrogen and oxygen atoms in total. The number of ketones is 1. The third-order valence-corrected chi connectivity index (χ3v) is 11.3. The third-order valence-electron chi connectivity index (χ3n) is 11.3. The number of cyclic esters (lactones) is 1. The Morgan fingerprint density at radius 1 is 1.02 bits per heavy atom. The molecular formula is C35H62N4O9. The number of esters is 1. The average molecular weight is 683 g/mol. The molecule has 4 rings (SSSR count). The van der Waals surface area contributed by atoms with E-state index in [1.54, 1.807) is 27.9 Å². The van der Waals surface area contributed by atoms with Crippen LogP contribution in [0.1, 0.15) is 74.1 Å². The molecule has 13 atom stereocenters. The largest absolute Gasteiger partial charge is 0.458 e. The van der Waals surface area contributed by atoms with E-state index in [1.165, 1.54) is 19.8 Å². The van der Waals surface area contributed by atoms with Gasteiger partial charge in [0, 0.05) is 38.2 Å². The Bertz CT molecular complexity index is 1140. The maximum Gasteiger partial charge on any atom is 0.408 e. The lowest BCUT2D eigenvalue weighted by molar-refractivity contribution is -0.298. The molecule has 1 aliphatic carbocycles. The number of alkyl carbamates (subject to hydrolysis) is 1. The standard InChI is InChI=1S/C35H62N4O9/c1-19-15-34(6,44-11)30(47-32-28(41)26(38(8)9)14-25(46-32)18-39(10)17-24-12-13-24)20(2)27(40)21(3)31(42)45-23(5)35(7)29(22(4)36-16-19)37-33(43)48-35/h19-26,28-30,32,36,41H,12-18H2,1-11H3,(H,37,43)/t19-,20+,21?,22-,23-,25?,26?,28?,29-,30-,32?,34-,35-/m1/s1. The van der Waals surface area contributed by atoms with E-state index in [-0.39, 0.29) is 29.9 Å². The van der Waals surface area contributed by atoms with E-state index >= 15 is 0 Å². The van der Waals surface area contributed by atoms with Gasteiger partial charge in [0.25, 0.3) is 0 Å². The van der Waals surface area contributed by atoms with Gasteiger partial charge in [0.2, 0.25) is 0 Å². The Kier molecular flexibility index (Phi) is 12.6. The first-order valence-electron chi connectivity index (χ1n) is 17.8. The van der Waals surface area contributed by atoms with Crippen LogP contribution in [0.2, 0.25) is 0 Å². The van der Waals surface area contributed by atoms with Crippen LogP contribution in [0.3, 0.4) is 0 Å². The first-order chi connectivity index (χ1) is 22.4. The van der Waals surface area contributed by atoms with Crippen LogP contribution in [0, 0.1) is 23.7 Å². The van der Waals surface area contributed by atoms with Crippen molar-refractivity contribution in [3.05, 3.63) is 0 Å². The van der Waals surface area contributed by atoms with E-state index in [9.17, 15) is 19.5 Å². The van der Waals surface area contributed by atoms with Gasteiger partial charge in [0.1, 0.15) is 18.1 Å². The molecule has 0 aromatic carbocycles. The SMILES string of the molecule is CO[C@]1(C)C[C@@H](C)CN[C@H](C)[C@H]2NC(=O)O[C@]2(C)[C@@H](C)OC(=O)C(C)C(=O)[C@H](C)[C@H]1OC1OC(CN(C)CC2CC2)CC(N(C)C)C1O. The summed E-state index contributed by atoms with van der Waals surface area (Å²) in [6, 6.07) is -0.961. The Hall–Kier alpha value is -1.87. The minimum atomic E-state index is -1.16. The van der Waals surface area contributed by atoms with Gasteiger partial charge in [-0.05, 0) is 99.8 Å². The molecule has 0 aromatic heterocycles. The van der Waals surface area contributed by atoms with Gasteiger partial charge in [-0.25, -0.2) is 4.79 Å². The second kappa shape index (κ2) is 15.6. The van der Waals surface area contributed by atoms with Gasteiger partial charge in [-0.15, -0.1) is 0 Å². The average Bonchev–Trinajstić information content (AvgIpc) is 3.77. The molecule has 5 unspecified atom stereocenters. The van der Waals surface area contributed by atoms with Gasteiger partial charge >= 0.3 is 12.1 Å². The van der Waals surface area contributed by atoms with Crippen molar-refractivity contribution in [1.29, 1.82) is 0 Å². The number of aliphatic hydroxyl groups excluding tert-OH is 1. The van der Waals surface area contributed by atoms with Crippen LogP contribution in [-0.2, 0) is 33.3 Å². The lowest BCUT2D eigenvalue weighted by atomic mass is 9.78. The Morgan fingerprint density at radius 2 is 1.69 bits per heavy atom. The molecule has 0 aromatic rings. The molecule has 3 heterocycles. The highest BCUT2D eigenvalue weighted by Gasteiger charge is 2.54. The monoisotopic (exact) mass is 682 g/mol. The van der Waals surface area contributed by atoms with Gasteiger partial charge in [0.05, 0.1) is 23.9 Å². The summed E-state index contributed by atoms with van der Waals surface area (Å²) in [4.78, 5) is 44.4. The number of amides is 1. The molecule has 3 saturated heterocycles. The number of nitrogens with one attached hydrogen (secondary N) is 2. The Balaban J connectivity index is 1.65. The fraction of sp³-hybridized carbons (Fsp3) is 0.914. The predicted octanol–water partition coefficient (Wildman–Crippen LogP) is 2.18. The number of carbonyl (C=O) groups excluding carboxylic acids is 3. The number of likely N-dealkylation sites (N-methyl/N-ethyl adjacent to an activating group) is 2. The minimum absolute atomic E-state index is 0.0310. The van der Waals surface area contributed by atoms with E-state index < -0.39 is 65.7 Å². The van der Waals surface area contributed by atoms with Gasteiger partial charge in [-0.2, -0.15) is 0 Å². The summed E-state index contributed by atoms with van der Waals surface area (Å²) in [7, 11) is 7.57. The zero-order chi connectivity index (χ0) is 35.7. The maximum atomic E-state index is 14.2. The van der Waals surface area contributed by atoms with E-state index in [0.717, 1.165) is 12.5 Å². The molecule has 3 N–H and O–H groups in total. The van der Waals surface area contributed by atoms with Gasteiger partial charge in [-0.1, -0.05) is 13.8 Å². The number of fused-ring (bicyclic) bond motifs is 1. The van der Waals surface area contributed by atoms with Crippen molar-refractivity contribution in [3.63, 3.8) is 0 Å². The molecule has 4 aliphatic rings. The summed E-state index contributed by atoms with van der Waals surface area (Å²) in [5.74, 6) is -2.32. The normalized spacial score (nSPS) is 43.6. The lowest BCUT2D eigenvalue weighted by Gasteiger charge is -2.47. The van der Waals surface area contributed by atoms with Crippen LogP contribution >= 0.6 is 0 Å². The van der Waals surface area contributed by atoms with Crippen molar-refractivity contribution in [1.82, 2.24) is 20.4 Å². The number of ether oxygens (including phenoxy) is 5. The number of methoxy groups -OCH3 is 1. The molecule has 1 amide bonds. The molecule has 3 aliphatic heterocycles. The summed E-state index contributed by atoms with van der Waals surface area (Å²) in [6.07, 6.45) is -0.879. The molecule has 4 fully saturated rings. The quantitative estimate of drug-likeness (QED) is 0.255. The second-order valence-electron chi connectivity index (χ2n) is 15.8. The third kappa shape index (κ3) is 8.70. The van der Waals surface area contributed by atoms with E-state index in [0.29, 0.717) is 25.9 Å². The maximum absolute atomic E-state index is 14.2. The highest BCUT2D eigenvalue weighted by Crippen LogP contribution is 2.37. The van der Waals surface area contributed by atoms with E-state index in [4.69, 9.17) is 23.7 Å². The Labute approximate surface area is 287 Å². The highest BCUT2D eigenvalue weighted by atomic mass is 16.7. The number of carbonyl (C=O) groups is 3. The molecule has 0 spiro atoms. The van der Waals surface area contributed by atoms with Crippen molar-refractivity contribution in [3.8, 4) is 0 Å². The summed E-state index contributed by atoms with van der Waals surface area (Å²) in [6.45, 7) is 14.9. The molecule has 48 heavy (non-hydrogen) atoms. The van der Waals surface area contributed by atoms with E-state index in [2.05, 4.69) is 29.5 Å². The van der Waals surface area contributed by atoms with Crippen LogP contribution in [-0.4, -0.2) is 141 Å². The molecule has 1 saturated carbocycles. The topological polar surface area (TPSA) is 148 Å². The summed E-state index contributed by atoms with van der Waals surface area (Å²) in [5.41, 5.74) is -2.17. The van der Waals surface area contributed by atoms with Crippen molar-refractivity contribution in [2.45, 2.75) is 134 Å². The molecule has 13 heteroatoms. The number of nitrogens with zero attached hydrogens (tertiary/aromatic N) is 2. The number of Topliss-reactive ketones (excluding diaryl/α,β-unsaturated/α-hetero) is 1. The van der Waals surface area contributed by atoms with Crippen LogP contribution in [0.5, 0.6) is 0 Å². The number of hydrogen-bond donors (Lipinski definition) is 3. The fourth-order valence-electron chi connectivity index (χ4n) is 7.92. The number of rotatable bonds is 8. The summed E-state index contributed by atoms with van der Waals surface area (Å²) in [5, 5.41) is 18.0. The van der Waals surface area contributed by atoms with Crippen molar-refractivity contribution >= 4 is 17.8 Å². The molecule has 0 radical (unpaired) electrons. The first kappa shape index (κ1) is 38.9. The zero-order valence-electron chi connectivity index (χ0n) is 31.0. The second-order valence-corrected chi connectivity index (χ2v) is 15.8. The smallest absolute Gasteiger partial charge is 0.408 e. The lowest BCUT2D eigenvalue weighted by Crippen LogP contribution is -2.60. The van der Waals surface area contributed by atoms with Crippen LogP contribution in [0.4, 0.5) is 4.79 Å². The number of hydrogen-bond acceptors (Lipinski definition) is 12. The predicted molar refractivity (Wildman–Crippen MR) is 179 cm³/mol. The fourth-order valence-corrected chi connectivity index (χ4v) is 7.92. The molecule has 0 bridgehead atoms. The first-order valence-corrected chi connectivity index (χ1v) is 17.8. The Morgan fingerprint density at radius 3 is 2.29 bits per heavy atom.